The van der Waals surface area contributed by atoms with E-state index in [-0.39, 0.29) is 4.90 Å². The van der Waals surface area contributed by atoms with Crippen molar-refractivity contribution in [2.24, 2.45) is 0 Å². The molecule has 7 heteroatoms. The molecule has 0 aliphatic rings. The Morgan fingerprint density at radius 3 is 2.55 bits per heavy atom. The average molecular weight is 356 g/mol. The Hall–Kier alpha value is -1.31. The summed E-state index contributed by atoms with van der Waals surface area (Å²) in [6.07, 6.45) is 6.93. The van der Waals surface area contributed by atoms with E-state index >= 15 is 0 Å². The summed E-state index contributed by atoms with van der Waals surface area (Å²) >= 11 is 3.23. The van der Waals surface area contributed by atoms with E-state index in [4.69, 9.17) is 0 Å². The maximum Gasteiger partial charge on any atom is 0.244 e. The molecule has 0 aromatic carbocycles. The number of aromatic nitrogens is 2. The second-order valence-corrected chi connectivity index (χ2v) is 7.23. The molecule has 0 aliphatic carbocycles. The monoisotopic (exact) mass is 355 g/mol. The third-order valence-corrected chi connectivity index (χ3v) is 5.11. The van der Waals surface area contributed by atoms with Gasteiger partial charge >= 0.3 is 0 Å². The minimum absolute atomic E-state index is 0.184. The Labute approximate surface area is 126 Å². The molecule has 0 spiro atoms. The molecular formula is C13H14BrN3O2S. The Kier molecular flexibility index (Phi) is 4.85. The Morgan fingerprint density at radius 1 is 1.20 bits per heavy atom. The van der Waals surface area contributed by atoms with Crippen molar-refractivity contribution in [1.29, 1.82) is 0 Å². The predicted octanol–water partition coefficient (Wildman–Crippen LogP) is 2.10. The quantitative estimate of drug-likeness (QED) is 0.823. The zero-order chi connectivity index (χ0) is 14.6. The first-order chi connectivity index (χ1) is 9.50. The zero-order valence-corrected chi connectivity index (χ0v) is 13.3. The molecule has 0 fully saturated rings. The lowest BCUT2D eigenvalue weighted by atomic mass is 10.2. The van der Waals surface area contributed by atoms with Gasteiger partial charge in [0.15, 0.2) is 0 Å². The summed E-state index contributed by atoms with van der Waals surface area (Å²) in [6, 6.07) is 5.30. The summed E-state index contributed by atoms with van der Waals surface area (Å²) in [5.41, 5.74) is 1.05. The molecular weight excluding hydrogens is 342 g/mol. The number of pyridine rings is 2. The van der Waals surface area contributed by atoms with E-state index in [1.807, 2.05) is 12.1 Å². The normalized spacial score (nSPS) is 11.8. The molecule has 2 aromatic heterocycles. The molecule has 0 amide bonds. The molecule has 2 heterocycles. The van der Waals surface area contributed by atoms with Crippen LogP contribution in [0.4, 0.5) is 0 Å². The van der Waals surface area contributed by atoms with E-state index in [1.54, 1.807) is 31.7 Å². The van der Waals surface area contributed by atoms with Crippen LogP contribution in [0.2, 0.25) is 0 Å². The van der Waals surface area contributed by atoms with Crippen molar-refractivity contribution in [3.8, 4) is 0 Å². The van der Waals surface area contributed by atoms with E-state index in [1.165, 1.54) is 10.5 Å². The number of rotatable bonds is 5. The fourth-order valence-electron chi connectivity index (χ4n) is 1.67. The van der Waals surface area contributed by atoms with Gasteiger partial charge < -0.3 is 0 Å². The number of sulfonamides is 1. The number of hydrogen-bond donors (Lipinski definition) is 0. The first kappa shape index (κ1) is 15.1. The molecule has 2 aromatic rings. The Balaban J connectivity index is 2.10. The van der Waals surface area contributed by atoms with Gasteiger partial charge in [-0.25, -0.2) is 12.7 Å². The van der Waals surface area contributed by atoms with Gasteiger partial charge in [0, 0.05) is 42.9 Å². The van der Waals surface area contributed by atoms with E-state index in [0.29, 0.717) is 17.4 Å². The molecule has 0 aliphatic heterocycles. The zero-order valence-electron chi connectivity index (χ0n) is 10.9. The minimum atomic E-state index is -3.51. The lowest BCUT2D eigenvalue weighted by Gasteiger charge is -2.17. The van der Waals surface area contributed by atoms with Crippen LogP contribution < -0.4 is 0 Å². The summed E-state index contributed by atoms with van der Waals surface area (Å²) in [4.78, 5) is 8.01. The molecule has 5 nitrogen and oxygen atoms in total. The molecule has 0 N–H and O–H groups in total. The van der Waals surface area contributed by atoms with Crippen molar-refractivity contribution in [2.45, 2.75) is 11.3 Å². The van der Waals surface area contributed by atoms with Gasteiger partial charge in [0.05, 0.1) is 0 Å². The summed E-state index contributed by atoms with van der Waals surface area (Å²) in [5.74, 6) is 0. The highest BCUT2D eigenvalue weighted by Crippen LogP contribution is 2.17. The fraction of sp³-hybridized carbons (Fsp3) is 0.231. The highest BCUT2D eigenvalue weighted by Gasteiger charge is 2.21. The van der Waals surface area contributed by atoms with Crippen LogP contribution in [0.5, 0.6) is 0 Å². The highest BCUT2D eigenvalue weighted by atomic mass is 79.9. The third kappa shape index (κ3) is 3.62. The first-order valence-electron chi connectivity index (χ1n) is 5.96. The molecule has 0 atom stereocenters. The molecule has 0 saturated heterocycles. The van der Waals surface area contributed by atoms with Crippen LogP contribution in [0.3, 0.4) is 0 Å². The SMILES string of the molecule is CN(CCc1ccncc1)S(=O)(=O)c1cncc(Br)c1. The van der Waals surface area contributed by atoms with Crippen LogP contribution >= 0.6 is 15.9 Å². The summed E-state index contributed by atoms with van der Waals surface area (Å²) < 4.78 is 26.7. The van der Waals surface area contributed by atoms with Crippen molar-refractivity contribution < 1.29 is 8.42 Å². The second kappa shape index (κ2) is 6.43. The smallest absolute Gasteiger partial charge is 0.244 e. The molecule has 106 valence electrons. The third-order valence-electron chi connectivity index (χ3n) is 2.85. The van der Waals surface area contributed by atoms with Gasteiger partial charge in [-0.15, -0.1) is 0 Å². The Bertz CT molecular complexity index is 677. The first-order valence-corrected chi connectivity index (χ1v) is 8.19. The summed E-state index contributed by atoms with van der Waals surface area (Å²) in [7, 11) is -1.94. The molecule has 20 heavy (non-hydrogen) atoms. The van der Waals surface area contributed by atoms with Crippen molar-refractivity contribution >= 4 is 26.0 Å². The van der Waals surface area contributed by atoms with Gasteiger partial charge in [-0.3, -0.25) is 9.97 Å². The maximum atomic E-state index is 12.4. The molecule has 2 rings (SSSR count). The van der Waals surface area contributed by atoms with Gasteiger partial charge in [-0.05, 0) is 46.1 Å². The van der Waals surface area contributed by atoms with E-state index < -0.39 is 10.0 Å². The minimum Gasteiger partial charge on any atom is -0.265 e. The highest BCUT2D eigenvalue weighted by molar-refractivity contribution is 9.10. The average Bonchev–Trinajstić information content (AvgIpc) is 2.45. The number of halogens is 1. The van der Waals surface area contributed by atoms with Gasteiger partial charge in [-0.2, -0.15) is 0 Å². The largest absolute Gasteiger partial charge is 0.265 e. The van der Waals surface area contributed by atoms with Crippen molar-refractivity contribution in [1.82, 2.24) is 14.3 Å². The van der Waals surface area contributed by atoms with Crippen LogP contribution in [0.25, 0.3) is 0 Å². The van der Waals surface area contributed by atoms with Gasteiger partial charge in [0.2, 0.25) is 10.0 Å². The molecule has 0 radical (unpaired) electrons. The topological polar surface area (TPSA) is 63.2 Å². The van der Waals surface area contributed by atoms with Gasteiger partial charge in [0.1, 0.15) is 4.90 Å². The van der Waals surface area contributed by atoms with Crippen molar-refractivity contribution in [3.05, 3.63) is 53.0 Å². The number of hydrogen-bond acceptors (Lipinski definition) is 4. The van der Waals surface area contributed by atoms with Gasteiger partial charge in [-0.1, -0.05) is 0 Å². The molecule has 0 bridgehead atoms. The predicted molar refractivity (Wildman–Crippen MR) is 79.7 cm³/mol. The molecule has 0 saturated carbocycles. The standard InChI is InChI=1S/C13H14BrN3O2S/c1-17(7-4-11-2-5-15-6-3-11)20(18,19)13-8-12(14)9-16-10-13/h2-3,5-6,8-10H,4,7H2,1H3. The van der Waals surface area contributed by atoms with Gasteiger partial charge in [0.25, 0.3) is 0 Å². The lowest BCUT2D eigenvalue weighted by Crippen LogP contribution is -2.29. The summed E-state index contributed by atoms with van der Waals surface area (Å²) in [5, 5.41) is 0. The second-order valence-electron chi connectivity index (χ2n) is 4.27. The van der Waals surface area contributed by atoms with Crippen LogP contribution in [-0.2, 0) is 16.4 Å². The van der Waals surface area contributed by atoms with Crippen LogP contribution in [0, 0.1) is 0 Å². The fourth-order valence-corrected chi connectivity index (χ4v) is 3.35. The van der Waals surface area contributed by atoms with Crippen LogP contribution in [0.1, 0.15) is 5.56 Å². The van der Waals surface area contributed by atoms with E-state index in [0.717, 1.165) is 5.56 Å². The van der Waals surface area contributed by atoms with Crippen LogP contribution in [-0.4, -0.2) is 36.3 Å². The van der Waals surface area contributed by atoms with Crippen LogP contribution in [0.15, 0.2) is 52.4 Å². The number of nitrogens with zero attached hydrogens (tertiary/aromatic N) is 3. The number of likely N-dealkylation sites (N-methyl/N-ethyl adjacent to an activating group) is 1. The Morgan fingerprint density at radius 2 is 1.90 bits per heavy atom. The van der Waals surface area contributed by atoms with Crippen molar-refractivity contribution in [2.75, 3.05) is 13.6 Å². The molecule has 0 unspecified atom stereocenters. The van der Waals surface area contributed by atoms with E-state index in [9.17, 15) is 8.42 Å². The van der Waals surface area contributed by atoms with E-state index in [2.05, 4.69) is 25.9 Å². The lowest BCUT2D eigenvalue weighted by molar-refractivity contribution is 0.472. The maximum absolute atomic E-state index is 12.4. The summed E-state index contributed by atoms with van der Waals surface area (Å²) in [6.45, 7) is 0.402. The van der Waals surface area contributed by atoms with Crippen molar-refractivity contribution in [3.63, 3.8) is 0 Å².